The molecule has 0 radical (unpaired) electrons. The molecule has 6 heteroatoms. The van der Waals surface area contributed by atoms with E-state index in [-0.39, 0.29) is 65.5 Å². The second kappa shape index (κ2) is 6.88. The van der Waals surface area contributed by atoms with E-state index >= 15 is 0 Å². The van der Waals surface area contributed by atoms with Crippen LogP contribution < -0.4 is 14.3 Å². The maximum atomic E-state index is 10.8. The molecule has 0 amide bonds. The molecule has 0 spiro atoms. The summed E-state index contributed by atoms with van der Waals surface area (Å²) in [4.78, 5) is 21.6. The Bertz CT molecular complexity index is 509. The van der Waals surface area contributed by atoms with Crippen LogP contribution in [0.3, 0.4) is 0 Å². The SMILES string of the molecule is CC(C)(C)c1ccc(OP(=O)([O-])[O-])c(C(C)(C)C)c1.[Ba+2]. The Balaban J connectivity index is 0.00000361. The summed E-state index contributed by atoms with van der Waals surface area (Å²) in [5, 5.41) is 0. The average molecular weight is 422 g/mol. The molecule has 20 heavy (non-hydrogen) atoms. The third kappa shape index (κ3) is 6.24. The van der Waals surface area contributed by atoms with Crippen LogP contribution in [0.4, 0.5) is 0 Å². The van der Waals surface area contributed by atoms with E-state index in [1.807, 2.05) is 26.8 Å². The van der Waals surface area contributed by atoms with Crippen LogP contribution in [0.15, 0.2) is 18.2 Å². The smallest absolute Gasteiger partial charge is 0.780 e. The van der Waals surface area contributed by atoms with Crippen molar-refractivity contribution in [1.82, 2.24) is 0 Å². The fourth-order valence-corrected chi connectivity index (χ4v) is 2.18. The second-order valence-electron chi connectivity index (χ2n) is 6.75. The number of phosphoric ester groups is 1. The second-order valence-corrected chi connectivity index (χ2v) is 7.83. The van der Waals surface area contributed by atoms with Gasteiger partial charge in [-0.05, 0) is 22.5 Å². The first-order valence-corrected chi connectivity index (χ1v) is 7.63. The molecular weight excluding hydrogens is 400 g/mol. The molecule has 0 heterocycles. The van der Waals surface area contributed by atoms with Crippen LogP contribution in [0.2, 0.25) is 0 Å². The standard InChI is InChI=1S/C14H23O4P.Ba/c1-13(2,3)10-7-8-12(18-19(15,16)17)11(9-10)14(4,5)6;/h7-9H,1-6H3,(H2,15,16,17);/q;+2/p-2. The summed E-state index contributed by atoms with van der Waals surface area (Å²) < 4.78 is 15.4. The molecule has 0 aromatic heterocycles. The molecular formula is C14H21BaO4P. The van der Waals surface area contributed by atoms with Crippen molar-refractivity contribution in [3.63, 3.8) is 0 Å². The fourth-order valence-electron chi connectivity index (χ4n) is 1.78. The number of phosphoric acid groups is 1. The Kier molecular flexibility index (Phi) is 7.14. The summed E-state index contributed by atoms with van der Waals surface area (Å²) in [5.41, 5.74) is 1.41. The number of hydrogen-bond donors (Lipinski definition) is 0. The molecule has 0 saturated heterocycles. The maximum absolute atomic E-state index is 10.8. The van der Waals surface area contributed by atoms with Gasteiger partial charge in [-0.3, -0.25) is 0 Å². The van der Waals surface area contributed by atoms with Crippen molar-refractivity contribution in [3.05, 3.63) is 29.3 Å². The minimum atomic E-state index is -5.04. The zero-order valence-electron chi connectivity index (χ0n) is 13.0. The molecule has 0 bridgehead atoms. The number of rotatable bonds is 2. The third-order valence-corrected chi connectivity index (χ3v) is 3.28. The van der Waals surface area contributed by atoms with Gasteiger partial charge in [-0.2, -0.15) is 0 Å². The van der Waals surface area contributed by atoms with Crippen molar-refractivity contribution >= 4 is 56.7 Å². The molecule has 0 N–H and O–H groups in total. The summed E-state index contributed by atoms with van der Waals surface area (Å²) in [6.45, 7) is 12.1. The van der Waals surface area contributed by atoms with Gasteiger partial charge in [-0.1, -0.05) is 53.7 Å². The minimum Gasteiger partial charge on any atom is -0.780 e. The van der Waals surface area contributed by atoms with Crippen molar-refractivity contribution < 1.29 is 18.9 Å². The number of hydrogen-bond acceptors (Lipinski definition) is 4. The van der Waals surface area contributed by atoms with Gasteiger partial charge in [0, 0.05) is 5.56 Å². The monoisotopic (exact) mass is 422 g/mol. The minimum absolute atomic E-state index is 0. The molecule has 1 aromatic carbocycles. The van der Waals surface area contributed by atoms with Crippen LogP contribution in [0.25, 0.3) is 0 Å². The van der Waals surface area contributed by atoms with E-state index in [4.69, 9.17) is 0 Å². The van der Waals surface area contributed by atoms with Crippen molar-refractivity contribution in [1.29, 1.82) is 0 Å². The first-order chi connectivity index (χ1) is 8.31. The molecule has 0 aliphatic heterocycles. The molecule has 1 aromatic rings. The fraction of sp³-hybridized carbons (Fsp3) is 0.571. The van der Waals surface area contributed by atoms with Crippen LogP contribution in [-0.4, -0.2) is 48.9 Å². The van der Waals surface area contributed by atoms with Gasteiger partial charge < -0.3 is 18.9 Å². The Hall–Kier alpha value is 0.741. The summed E-state index contributed by atoms with van der Waals surface area (Å²) in [7, 11) is -5.04. The third-order valence-electron chi connectivity index (χ3n) is 2.86. The van der Waals surface area contributed by atoms with Gasteiger partial charge in [0.05, 0.1) is 0 Å². The van der Waals surface area contributed by atoms with Crippen molar-refractivity contribution in [2.24, 2.45) is 0 Å². The molecule has 0 fully saturated rings. The predicted molar refractivity (Wildman–Crippen MR) is 77.8 cm³/mol. The van der Waals surface area contributed by atoms with Gasteiger partial charge in [0.25, 0.3) is 0 Å². The van der Waals surface area contributed by atoms with Crippen LogP contribution in [-0.2, 0) is 15.4 Å². The molecule has 1 rings (SSSR count). The van der Waals surface area contributed by atoms with Gasteiger partial charge in [0.2, 0.25) is 0 Å². The van der Waals surface area contributed by atoms with Gasteiger partial charge in [-0.25, -0.2) is 0 Å². The molecule has 4 nitrogen and oxygen atoms in total. The molecule has 0 aliphatic rings. The maximum Gasteiger partial charge on any atom is 2.00 e. The molecule has 0 atom stereocenters. The first kappa shape index (κ1) is 20.7. The van der Waals surface area contributed by atoms with Crippen molar-refractivity contribution in [2.75, 3.05) is 0 Å². The van der Waals surface area contributed by atoms with E-state index in [2.05, 4.69) is 25.3 Å². The molecule has 0 unspecified atom stereocenters. The average Bonchev–Trinajstić information content (AvgIpc) is 2.11. The van der Waals surface area contributed by atoms with Crippen molar-refractivity contribution in [2.45, 2.75) is 52.4 Å². The van der Waals surface area contributed by atoms with E-state index in [0.29, 0.717) is 5.56 Å². The quantitative estimate of drug-likeness (QED) is 0.542. The first-order valence-electron chi connectivity index (χ1n) is 6.17. The topological polar surface area (TPSA) is 72.4 Å². The van der Waals surface area contributed by atoms with Crippen molar-refractivity contribution in [3.8, 4) is 5.75 Å². The van der Waals surface area contributed by atoms with Crippen LogP contribution in [0.5, 0.6) is 5.75 Å². The van der Waals surface area contributed by atoms with Gasteiger partial charge in [0.15, 0.2) is 0 Å². The van der Waals surface area contributed by atoms with Crippen LogP contribution in [0, 0.1) is 0 Å². The number of benzene rings is 1. The summed E-state index contributed by atoms with van der Waals surface area (Å²) in [6, 6.07) is 5.26. The van der Waals surface area contributed by atoms with Gasteiger partial charge >= 0.3 is 48.9 Å². The summed E-state index contributed by atoms with van der Waals surface area (Å²) >= 11 is 0. The molecule has 0 saturated carbocycles. The predicted octanol–water partition coefficient (Wildman–Crippen LogP) is 2.11. The Morgan fingerprint density at radius 3 is 1.85 bits per heavy atom. The summed E-state index contributed by atoms with van der Waals surface area (Å²) in [5.74, 6) is 0.119. The molecule has 0 aliphatic carbocycles. The Morgan fingerprint density at radius 1 is 1.00 bits per heavy atom. The normalized spacial score (nSPS) is 12.8. The zero-order valence-corrected chi connectivity index (χ0v) is 18.4. The van der Waals surface area contributed by atoms with Gasteiger partial charge in [-0.15, -0.1) is 0 Å². The van der Waals surface area contributed by atoms with E-state index in [1.165, 1.54) is 0 Å². The van der Waals surface area contributed by atoms with E-state index in [0.717, 1.165) is 5.56 Å². The zero-order chi connectivity index (χ0) is 15.1. The van der Waals surface area contributed by atoms with E-state index < -0.39 is 7.82 Å². The Morgan fingerprint density at radius 2 is 1.50 bits per heavy atom. The van der Waals surface area contributed by atoms with E-state index in [9.17, 15) is 14.4 Å². The summed E-state index contributed by atoms with van der Waals surface area (Å²) in [6.07, 6.45) is 0. The largest absolute Gasteiger partial charge is 2.00 e. The van der Waals surface area contributed by atoms with Crippen LogP contribution >= 0.6 is 7.82 Å². The Labute approximate surface area is 161 Å². The van der Waals surface area contributed by atoms with Crippen LogP contribution in [0.1, 0.15) is 52.7 Å². The molecule has 108 valence electrons. The van der Waals surface area contributed by atoms with E-state index in [1.54, 1.807) is 12.1 Å². The van der Waals surface area contributed by atoms with Gasteiger partial charge in [0.1, 0.15) is 13.6 Å².